The zero-order chi connectivity index (χ0) is 12.8. The average Bonchev–Trinajstić information content (AvgIpc) is 2.93. The van der Waals surface area contributed by atoms with Gasteiger partial charge in [0.15, 0.2) is 11.3 Å². The molecule has 0 saturated carbocycles. The van der Waals surface area contributed by atoms with Crippen molar-refractivity contribution in [1.29, 1.82) is 0 Å². The van der Waals surface area contributed by atoms with E-state index in [2.05, 4.69) is 43.1 Å². The minimum atomic E-state index is -0.0823. The van der Waals surface area contributed by atoms with Gasteiger partial charge in [-0.2, -0.15) is 0 Å². The molecule has 0 aliphatic carbocycles. The summed E-state index contributed by atoms with van der Waals surface area (Å²) < 4.78 is 5.56. The van der Waals surface area contributed by atoms with Crippen LogP contribution in [-0.4, -0.2) is 0 Å². The van der Waals surface area contributed by atoms with E-state index in [1.165, 1.54) is 5.56 Å². The van der Waals surface area contributed by atoms with E-state index in [-0.39, 0.29) is 5.54 Å². The van der Waals surface area contributed by atoms with Crippen LogP contribution in [0.5, 0.6) is 0 Å². The SMILES string of the molecule is C=CC[C@](C)([NH2+]Cc1ccccc1)c1ccco1. The minimum absolute atomic E-state index is 0.0823. The number of nitrogens with two attached hydrogens (primary N) is 1. The van der Waals surface area contributed by atoms with Crippen molar-refractivity contribution in [2.45, 2.75) is 25.4 Å². The van der Waals surface area contributed by atoms with Gasteiger partial charge in [0.05, 0.1) is 6.26 Å². The summed E-state index contributed by atoms with van der Waals surface area (Å²) in [6.45, 7) is 6.98. The van der Waals surface area contributed by atoms with Crippen molar-refractivity contribution >= 4 is 0 Å². The molecule has 1 heterocycles. The molecule has 0 amide bonds. The van der Waals surface area contributed by atoms with E-state index in [0.29, 0.717) is 0 Å². The number of hydrogen-bond donors (Lipinski definition) is 1. The largest absolute Gasteiger partial charge is 0.463 e. The van der Waals surface area contributed by atoms with E-state index in [1.54, 1.807) is 6.26 Å². The van der Waals surface area contributed by atoms with Crippen LogP contribution >= 0.6 is 0 Å². The molecule has 0 saturated heterocycles. The summed E-state index contributed by atoms with van der Waals surface area (Å²) in [5, 5.41) is 2.31. The predicted octanol–water partition coefficient (Wildman–Crippen LogP) is 2.83. The van der Waals surface area contributed by atoms with Gasteiger partial charge in [-0.15, -0.1) is 6.58 Å². The Morgan fingerprint density at radius 2 is 2.00 bits per heavy atom. The molecule has 2 N–H and O–H groups in total. The van der Waals surface area contributed by atoms with Crippen molar-refractivity contribution in [3.8, 4) is 0 Å². The van der Waals surface area contributed by atoms with E-state index in [1.807, 2.05) is 24.3 Å². The van der Waals surface area contributed by atoms with Crippen LogP contribution in [0.15, 0.2) is 65.8 Å². The maximum absolute atomic E-state index is 5.56. The highest BCUT2D eigenvalue weighted by Crippen LogP contribution is 2.21. The van der Waals surface area contributed by atoms with Gasteiger partial charge in [0, 0.05) is 12.0 Å². The standard InChI is InChI=1S/C16H19NO/c1-3-11-16(2,15-10-7-12-18-15)17-13-14-8-5-4-6-9-14/h3-10,12,17H,1,11,13H2,2H3/p+1/t16-/m0/s1. The van der Waals surface area contributed by atoms with E-state index in [0.717, 1.165) is 18.7 Å². The molecule has 18 heavy (non-hydrogen) atoms. The van der Waals surface area contributed by atoms with Gasteiger partial charge in [-0.25, -0.2) is 0 Å². The molecule has 0 spiro atoms. The smallest absolute Gasteiger partial charge is 0.164 e. The molecule has 0 bridgehead atoms. The van der Waals surface area contributed by atoms with E-state index >= 15 is 0 Å². The lowest BCUT2D eigenvalue weighted by Gasteiger charge is -2.24. The monoisotopic (exact) mass is 242 g/mol. The Balaban J connectivity index is 2.09. The van der Waals surface area contributed by atoms with Crippen molar-refractivity contribution in [2.24, 2.45) is 0 Å². The molecule has 1 aromatic carbocycles. The molecular formula is C16H20NO+. The first kappa shape index (κ1) is 12.7. The summed E-state index contributed by atoms with van der Waals surface area (Å²) in [5.74, 6) is 0.998. The molecule has 1 aromatic heterocycles. The van der Waals surface area contributed by atoms with Gasteiger partial charge in [-0.05, 0) is 19.1 Å². The molecule has 94 valence electrons. The van der Waals surface area contributed by atoms with Crippen molar-refractivity contribution in [1.82, 2.24) is 0 Å². The van der Waals surface area contributed by atoms with Crippen LogP contribution in [-0.2, 0) is 12.1 Å². The Kier molecular flexibility index (Phi) is 4.00. The fourth-order valence-electron chi connectivity index (χ4n) is 2.15. The fraction of sp³-hybridized carbons (Fsp3) is 0.250. The highest BCUT2D eigenvalue weighted by molar-refractivity contribution is 5.14. The molecule has 0 unspecified atom stereocenters. The first-order chi connectivity index (χ1) is 8.74. The number of hydrogen-bond acceptors (Lipinski definition) is 1. The Morgan fingerprint density at radius 3 is 2.61 bits per heavy atom. The third kappa shape index (κ3) is 2.90. The topological polar surface area (TPSA) is 29.8 Å². The Bertz CT molecular complexity index is 475. The van der Waals surface area contributed by atoms with Gasteiger partial charge >= 0.3 is 0 Å². The lowest BCUT2D eigenvalue weighted by molar-refractivity contribution is -0.749. The van der Waals surface area contributed by atoms with Gasteiger partial charge < -0.3 is 9.73 Å². The Morgan fingerprint density at radius 1 is 1.22 bits per heavy atom. The van der Waals surface area contributed by atoms with Gasteiger partial charge in [0.25, 0.3) is 0 Å². The molecular weight excluding hydrogens is 222 g/mol. The molecule has 2 rings (SSSR count). The second-order valence-corrected chi connectivity index (χ2v) is 4.78. The van der Waals surface area contributed by atoms with Crippen LogP contribution in [0.3, 0.4) is 0 Å². The number of quaternary nitrogens is 1. The zero-order valence-electron chi connectivity index (χ0n) is 10.8. The van der Waals surface area contributed by atoms with Crippen LogP contribution in [0.25, 0.3) is 0 Å². The summed E-state index contributed by atoms with van der Waals surface area (Å²) >= 11 is 0. The summed E-state index contributed by atoms with van der Waals surface area (Å²) in [5.41, 5.74) is 1.24. The third-order valence-corrected chi connectivity index (χ3v) is 3.28. The fourth-order valence-corrected chi connectivity index (χ4v) is 2.15. The van der Waals surface area contributed by atoms with Crippen molar-refractivity contribution < 1.29 is 9.73 Å². The first-order valence-corrected chi connectivity index (χ1v) is 6.28. The average molecular weight is 242 g/mol. The van der Waals surface area contributed by atoms with Gasteiger partial charge in [-0.3, -0.25) is 0 Å². The third-order valence-electron chi connectivity index (χ3n) is 3.28. The molecule has 0 radical (unpaired) electrons. The normalized spacial score (nSPS) is 14.1. The summed E-state index contributed by atoms with van der Waals surface area (Å²) in [7, 11) is 0. The van der Waals surface area contributed by atoms with Crippen molar-refractivity contribution in [2.75, 3.05) is 0 Å². The van der Waals surface area contributed by atoms with Gasteiger partial charge in [0.1, 0.15) is 6.54 Å². The number of furan rings is 1. The van der Waals surface area contributed by atoms with Crippen LogP contribution in [0.1, 0.15) is 24.7 Å². The van der Waals surface area contributed by atoms with Crippen LogP contribution in [0, 0.1) is 0 Å². The van der Waals surface area contributed by atoms with Crippen LogP contribution < -0.4 is 5.32 Å². The summed E-state index contributed by atoms with van der Waals surface area (Å²) in [6.07, 6.45) is 4.56. The summed E-state index contributed by atoms with van der Waals surface area (Å²) in [6, 6.07) is 14.4. The zero-order valence-corrected chi connectivity index (χ0v) is 10.8. The number of rotatable bonds is 6. The maximum atomic E-state index is 5.56. The summed E-state index contributed by atoms with van der Waals surface area (Å²) in [4.78, 5) is 0. The highest BCUT2D eigenvalue weighted by Gasteiger charge is 2.31. The quantitative estimate of drug-likeness (QED) is 0.776. The van der Waals surface area contributed by atoms with Crippen LogP contribution in [0.4, 0.5) is 0 Å². The van der Waals surface area contributed by atoms with E-state index < -0.39 is 0 Å². The van der Waals surface area contributed by atoms with Gasteiger partial charge in [-0.1, -0.05) is 36.4 Å². The molecule has 0 aliphatic rings. The Labute approximate surface area is 108 Å². The van der Waals surface area contributed by atoms with E-state index in [9.17, 15) is 0 Å². The number of benzene rings is 1. The Hall–Kier alpha value is -1.80. The molecule has 0 aliphatic heterocycles. The molecule has 2 aromatic rings. The lowest BCUT2D eigenvalue weighted by Crippen LogP contribution is -2.92. The first-order valence-electron chi connectivity index (χ1n) is 6.28. The predicted molar refractivity (Wildman–Crippen MR) is 72.9 cm³/mol. The lowest BCUT2D eigenvalue weighted by atomic mass is 9.94. The van der Waals surface area contributed by atoms with E-state index in [4.69, 9.17) is 4.42 Å². The molecule has 1 atom stereocenters. The van der Waals surface area contributed by atoms with Crippen LogP contribution in [0.2, 0.25) is 0 Å². The molecule has 0 fully saturated rings. The second kappa shape index (κ2) is 5.69. The highest BCUT2D eigenvalue weighted by atomic mass is 16.3. The second-order valence-electron chi connectivity index (χ2n) is 4.78. The molecule has 2 nitrogen and oxygen atoms in total. The van der Waals surface area contributed by atoms with Crippen molar-refractivity contribution in [3.05, 3.63) is 72.7 Å². The molecule has 2 heteroatoms. The van der Waals surface area contributed by atoms with Gasteiger partial charge in [0.2, 0.25) is 0 Å². The minimum Gasteiger partial charge on any atom is -0.463 e. The maximum Gasteiger partial charge on any atom is 0.164 e. The van der Waals surface area contributed by atoms with Crippen molar-refractivity contribution in [3.63, 3.8) is 0 Å².